The van der Waals surface area contributed by atoms with Crippen LogP contribution in [0.5, 0.6) is 5.75 Å². The third kappa shape index (κ3) is 4.95. The van der Waals surface area contributed by atoms with Gasteiger partial charge in [0, 0.05) is 24.4 Å². The minimum atomic E-state index is -2.85. The number of halogens is 2. The second-order valence-corrected chi connectivity index (χ2v) is 8.34. The van der Waals surface area contributed by atoms with Crippen LogP contribution in [0.25, 0.3) is 0 Å². The number of thioether (sulfide) groups is 1. The zero-order valence-corrected chi connectivity index (χ0v) is 17.5. The van der Waals surface area contributed by atoms with Gasteiger partial charge in [-0.15, -0.1) is 10.2 Å². The van der Waals surface area contributed by atoms with Crippen LogP contribution in [0.1, 0.15) is 31.1 Å². The third-order valence-electron chi connectivity index (χ3n) is 5.20. The molecule has 1 aliphatic rings. The summed E-state index contributed by atoms with van der Waals surface area (Å²) in [5.74, 6) is 2.96. The number of nitrogens with zero attached hydrogens (tertiary/aromatic N) is 4. The molecule has 6 nitrogen and oxygen atoms in total. The monoisotopic (exact) mass is 434 g/mol. The van der Waals surface area contributed by atoms with Crippen molar-refractivity contribution in [1.82, 2.24) is 14.8 Å². The van der Waals surface area contributed by atoms with E-state index in [1.807, 2.05) is 22.8 Å². The fraction of sp³-hybridized carbons (Fsp3) is 0.429. The lowest BCUT2D eigenvalue weighted by Crippen LogP contribution is -2.35. The highest BCUT2D eigenvalue weighted by Gasteiger charge is 2.23. The quantitative estimate of drug-likeness (QED) is 0.463. The van der Waals surface area contributed by atoms with Gasteiger partial charge >= 0.3 is 6.61 Å². The van der Waals surface area contributed by atoms with E-state index in [1.54, 1.807) is 24.5 Å². The van der Waals surface area contributed by atoms with Crippen molar-refractivity contribution in [2.45, 2.75) is 43.8 Å². The largest absolute Gasteiger partial charge is 0.467 e. The molecule has 30 heavy (non-hydrogen) atoms. The summed E-state index contributed by atoms with van der Waals surface area (Å²) in [6.07, 6.45) is 3.88. The lowest BCUT2D eigenvalue weighted by atomic mass is 10.00. The minimum absolute atomic E-state index is 0.183. The van der Waals surface area contributed by atoms with Crippen LogP contribution in [0, 0.1) is 5.92 Å². The van der Waals surface area contributed by atoms with Gasteiger partial charge in [-0.1, -0.05) is 36.9 Å². The van der Waals surface area contributed by atoms with E-state index in [1.165, 1.54) is 11.8 Å². The first-order valence-corrected chi connectivity index (χ1v) is 10.9. The summed E-state index contributed by atoms with van der Waals surface area (Å²) in [6.45, 7) is 1.80. The van der Waals surface area contributed by atoms with E-state index in [-0.39, 0.29) is 5.75 Å². The number of benzene rings is 1. The molecule has 0 amide bonds. The number of hydrogen-bond donors (Lipinski definition) is 0. The maximum Gasteiger partial charge on any atom is 0.387 e. The van der Waals surface area contributed by atoms with Crippen LogP contribution >= 0.6 is 11.8 Å². The molecule has 0 aliphatic carbocycles. The van der Waals surface area contributed by atoms with Gasteiger partial charge < -0.3 is 14.1 Å². The van der Waals surface area contributed by atoms with Gasteiger partial charge in [-0.25, -0.2) is 0 Å². The van der Waals surface area contributed by atoms with Crippen molar-refractivity contribution in [1.29, 1.82) is 0 Å². The summed E-state index contributed by atoms with van der Waals surface area (Å²) >= 11 is 1.44. The summed E-state index contributed by atoms with van der Waals surface area (Å²) in [5, 5.41) is 9.57. The molecule has 9 heteroatoms. The van der Waals surface area contributed by atoms with E-state index in [0.717, 1.165) is 37.6 Å². The molecule has 1 saturated heterocycles. The number of rotatable bonds is 8. The first kappa shape index (κ1) is 20.7. The number of hydrogen-bond acceptors (Lipinski definition) is 6. The van der Waals surface area contributed by atoms with Gasteiger partial charge in [0.2, 0.25) is 5.95 Å². The predicted octanol–water partition coefficient (Wildman–Crippen LogP) is 5.05. The molecule has 160 valence electrons. The summed E-state index contributed by atoms with van der Waals surface area (Å²) in [7, 11) is 0. The van der Waals surface area contributed by atoms with Crippen molar-refractivity contribution in [3.05, 3.63) is 54.0 Å². The maximum atomic E-state index is 12.7. The zero-order chi connectivity index (χ0) is 20.9. The Kier molecular flexibility index (Phi) is 6.56. The van der Waals surface area contributed by atoms with Crippen molar-refractivity contribution in [3.63, 3.8) is 0 Å². The topological polar surface area (TPSA) is 56.3 Å². The lowest BCUT2D eigenvalue weighted by Gasteiger charge is -2.31. The summed E-state index contributed by atoms with van der Waals surface area (Å²) < 4.78 is 37.6. The van der Waals surface area contributed by atoms with E-state index < -0.39 is 6.61 Å². The van der Waals surface area contributed by atoms with Crippen molar-refractivity contribution in [3.8, 4) is 5.75 Å². The number of anilines is 1. The van der Waals surface area contributed by atoms with Gasteiger partial charge in [0.05, 0.1) is 12.8 Å². The number of furan rings is 1. The van der Waals surface area contributed by atoms with Crippen LogP contribution in [-0.2, 0) is 12.3 Å². The third-order valence-corrected chi connectivity index (χ3v) is 6.22. The molecule has 3 aromatic rings. The molecule has 4 rings (SSSR count). The molecule has 0 atom stereocenters. The fourth-order valence-corrected chi connectivity index (χ4v) is 4.43. The molecule has 1 fully saturated rings. The first-order chi connectivity index (χ1) is 14.6. The molecule has 1 aromatic carbocycles. The van der Waals surface area contributed by atoms with Gasteiger partial charge in [-0.3, -0.25) is 4.57 Å². The predicted molar refractivity (Wildman–Crippen MR) is 111 cm³/mol. The fourth-order valence-electron chi connectivity index (χ4n) is 3.50. The molecule has 0 unspecified atom stereocenters. The molecule has 0 spiro atoms. The number of piperidine rings is 1. The Morgan fingerprint density at radius 1 is 1.17 bits per heavy atom. The van der Waals surface area contributed by atoms with E-state index >= 15 is 0 Å². The van der Waals surface area contributed by atoms with Crippen molar-refractivity contribution in [2.24, 2.45) is 5.92 Å². The Bertz CT molecular complexity index is 940. The minimum Gasteiger partial charge on any atom is -0.467 e. The SMILES string of the molecule is CC1CCN(c2nnc(SCc3ccccc3OC(F)F)n2Cc2ccco2)CC1. The summed E-state index contributed by atoms with van der Waals surface area (Å²) in [6, 6.07) is 10.6. The van der Waals surface area contributed by atoms with E-state index in [0.29, 0.717) is 28.9 Å². The zero-order valence-electron chi connectivity index (χ0n) is 16.7. The van der Waals surface area contributed by atoms with Crippen LogP contribution < -0.4 is 9.64 Å². The van der Waals surface area contributed by atoms with Crippen LogP contribution in [0.2, 0.25) is 0 Å². The Morgan fingerprint density at radius 2 is 1.97 bits per heavy atom. The van der Waals surface area contributed by atoms with Crippen LogP contribution in [0.3, 0.4) is 0 Å². The standard InChI is InChI=1S/C21H24F2N4O2S/c1-15-8-10-26(11-9-15)20-24-25-21(27(20)13-17-6-4-12-28-17)30-14-16-5-2-3-7-18(16)29-19(22)23/h2-7,12,15,19H,8-11,13-14H2,1H3. The summed E-state index contributed by atoms with van der Waals surface area (Å²) in [4.78, 5) is 2.26. The molecule has 2 aromatic heterocycles. The molecule has 0 radical (unpaired) electrons. The molecule has 0 saturated carbocycles. The second kappa shape index (κ2) is 9.51. The van der Waals surface area contributed by atoms with Gasteiger partial charge in [0.25, 0.3) is 0 Å². The van der Waals surface area contributed by atoms with Crippen LogP contribution in [0.15, 0.2) is 52.2 Å². The average molecular weight is 435 g/mol. The Balaban J connectivity index is 1.55. The molecular formula is C21H24F2N4O2S. The Labute approximate surface area is 178 Å². The normalized spacial score (nSPS) is 15.1. The number of alkyl halides is 2. The summed E-state index contributed by atoms with van der Waals surface area (Å²) in [5.41, 5.74) is 0.684. The Morgan fingerprint density at radius 3 is 2.70 bits per heavy atom. The average Bonchev–Trinajstić information content (AvgIpc) is 3.38. The van der Waals surface area contributed by atoms with Gasteiger partial charge in [0.15, 0.2) is 5.16 Å². The Hall–Kier alpha value is -2.55. The van der Waals surface area contributed by atoms with E-state index in [4.69, 9.17) is 4.42 Å². The van der Waals surface area contributed by atoms with Crippen molar-refractivity contribution < 1.29 is 17.9 Å². The molecule has 1 aliphatic heterocycles. The van der Waals surface area contributed by atoms with Gasteiger partial charge in [-0.05, 0) is 37.0 Å². The van der Waals surface area contributed by atoms with Gasteiger partial charge in [0.1, 0.15) is 11.5 Å². The maximum absolute atomic E-state index is 12.7. The molecule has 3 heterocycles. The highest BCUT2D eigenvalue weighted by atomic mass is 32.2. The van der Waals surface area contributed by atoms with Crippen LogP contribution in [0.4, 0.5) is 14.7 Å². The number of ether oxygens (including phenoxy) is 1. The van der Waals surface area contributed by atoms with E-state index in [2.05, 4.69) is 26.8 Å². The van der Waals surface area contributed by atoms with Gasteiger partial charge in [-0.2, -0.15) is 8.78 Å². The van der Waals surface area contributed by atoms with Crippen molar-refractivity contribution >= 4 is 17.7 Å². The van der Waals surface area contributed by atoms with E-state index in [9.17, 15) is 8.78 Å². The second-order valence-electron chi connectivity index (χ2n) is 7.39. The smallest absolute Gasteiger partial charge is 0.387 e. The molecule has 0 N–H and O–H groups in total. The van der Waals surface area contributed by atoms with Crippen LogP contribution in [-0.4, -0.2) is 34.5 Å². The number of aromatic nitrogens is 3. The van der Waals surface area contributed by atoms with Crippen molar-refractivity contribution in [2.75, 3.05) is 18.0 Å². The first-order valence-electron chi connectivity index (χ1n) is 9.96. The number of para-hydroxylation sites is 1. The molecule has 0 bridgehead atoms. The molecular weight excluding hydrogens is 410 g/mol. The lowest BCUT2D eigenvalue weighted by molar-refractivity contribution is -0.0503. The highest BCUT2D eigenvalue weighted by Crippen LogP contribution is 2.31. The highest BCUT2D eigenvalue weighted by molar-refractivity contribution is 7.98.